The van der Waals surface area contributed by atoms with Crippen molar-refractivity contribution in [2.45, 2.75) is 13.8 Å². The Kier molecular flexibility index (Phi) is 3.39. The van der Waals surface area contributed by atoms with Crippen LogP contribution in [0.25, 0.3) is 0 Å². The summed E-state index contributed by atoms with van der Waals surface area (Å²) in [7, 11) is 0. The molecule has 3 N–H and O–H groups in total. The zero-order valence-corrected chi connectivity index (χ0v) is 8.32. The molecule has 0 fully saturated rings. The highest BCUT2D eigenvalue weighted by Gasteiger charge is 2.08. The monoisotopic (exact) mass is 194 g/mol. The third-order valence-corrected chi connectivity index (χ3v) is 1.52. The molecule has 1 heterocycles. The number of nitrogens with one attached hydrogen (secondary N) is 1. The molecule has 0 unspecified atom stereocenters. The minimum absolute atomic E-state index is 0.0793. The maximum atomic E-state index is 7.28. The van der Waals surface area contributed by atoms with Gasteiger partial charge in [0.1, 0.15) is 12.2 Å². The predicted molar refractivity (Wildman–Crippen MR) is 53.4 cm³/mol. The molecule has 0 aliphatic heterocycles. The van der Waals surface area contributed by atoms with Crippen LogP contribution in [0.4, 0.5) is 0 Å². The molecule has 0 bridgehead atoms. The van der Waals surface area contributed by atoms with Gasteiger partial charge in [-0.2, -0.15) is 0 Å². The molecule has 1 aromatic heterocycles. The van der Waals surface area contributed by atoms with Crippen LogP contribution >= 0.6 is 0 Å². The number of nitrogens with two attached hydrogens (primary N) is 1. The molecule has 14 heavy (non-hydrogen) atoms. The second-order valence-corrected chi connectivity index (χ2v) is 3.36. The summed E-state index contributed by atoms with van der Waals surface area (Å²) >= 11 is 0. The molecule has 0 aliphatic rings. The van der Waals surface area contributed by atoms with Crippen molar-refractivity contribution >= 4 is 5.84 Å². The quantitative estimate of drug-likeness (QED) is 0.548. The fourth-order valence-corrected chi connectivity index (χ4v) is 0.864. The van der Waals surface area contributed by atoms with Gasteiger partial charge in [-0.15, -0.1) is 0 Å². The Morgan fingerprint density at radius 3 is 2.93 bits per heavy atom. The van der Waals surface area contributed by atoms with E-state index in [1.807, 2.05) is 13.8 Å². The Morgan fingerprint density at radius 2 is 2.36 bits per heavy atom. The van der Waals surface area contributed by atoms with Crippen LogP contribution in [-0.4, -0.2) is 22.4 Å². The van der Waals surface area contributed by atoms with Crippen molar-refractivity contribution < 1.29 is 4.74 Å². The molecule has 5 heteroatoms. The summed E-state index contributed by atoms with van der Waals surface area (Å²) in [6, 6.07) is 0. The summed E-state index contributed by atoms with van der Waals surface area (Å²) in [5.74, 6) is 0.704. The summed E-state index contributed by atoms with van der Waals surface area (Å²) in [4.78, 5) is 7.70. The topological polar surface area (TPSA) is 84.9 Å². The number of aromatic nitrogens is 2. The lowest BCUT2D eigenvalue weighted by Crippen LogP contribution is -2.16. The van der Waals surface area contributed by atoms with Gasteiger partial charge in [0.15, 0.2) is 0 Å². The first-order valence-electron chi connectivity index (χ1n) is 4.38. The van der Waals surface area contributed by atoms with E-state index in [1.54, 1.807) is 0 Å². The molecule has 0 aliphatic carbocycles. The molecule has 0 saturated carbocycles. The molecule has 0 radical (unpaired) electrons. The number of nitrogen functional groups attached to an aromatic ring is 1. The molecule has 0 amide bonds. The number of hydrogen-bond acceptors (Lipinski definition) is 4. The Labute approximate surface area is 82.8 Å². The highest BCUT2D eigenvalue weighted by atomic mass is 16.5. The zero-order valence-electron chi connectivity index (χ0n) is 8.32. The number of ether oxygens (including phenoxy) is 1. The Morgan fingerprint density at radius 1 is 1.64 bits per heavy atom. The van der Waals surface area contributed by atoms with E-state index < -0.39 is 0 Å². The Balaban J connectivity index is 2.79. The van der Waals surface area contributed by atoms with Gasteiger partial charge < -0.3 is 10.5 Å². The summed E-state index contributed by atoms with van der Waals surface area (Å²) in [6.45, 7) is 4.63. The summed E-state index contributed by atoms with van der Waals surface area (Å²) in [6.07, 6.45) is 2.85. The standard InChI is InChI=1S/C9H14N4O/c1-6(2)4-14-9-7(8(10)11)3-12-5-13-9/h3,5-6H,4H2,1-2H3,(H3,10,11). The SMILES string of the molecule is CC(C)COc1ncncc1C(=N)N. The van der Waals surface area contributed by atoms with E-state index in [9.17, 15) is 0 Å². The van der Waals surface area contributed by atoms with E-state index in [0.717, 1.165) is 0 Å². The van der Waals surface area contributed by atoms with Gasteiger partial charge in [-0.3, -0.25) is 5.41 Å². The first kappa shape index (κ1) is 10.4. The van der Waals surface area contributed by atoms with E-state index >= 15 is 0 Å². The lowest BCUT2D eigenvalue weighted by atomic mass is 10.2. The number of nitrogens with zero attached hydrogens (tertiary/aromatic N) is 2. The van der Waals surface area contributed by atoms with Crippen molar-refractivity contribution in [3.8, 4) is 5.88 Å². The van der Waals surface area contributed by atoms with E-state index in [2.05, 4.69) is 9.97 Å². The molecular formula is C9H14N4O. The lowest BCUT2D eigenvalue weighted by molar-refractivity contribution is 0.260. The van der Waals surface area contributed by atoms with Crippen molar-refractivity contribution in [1.29, 1.82) is 5.41 Å². The first-order chi connectivity index (χ1) is 6.61. The summed E-state index contributed by atoms with van der Waals surface area (Å²) in [5.41, 5.74) is 5.78. The van der Waals surface area contributed by atoms with Crippen LogP contribution < -0.4 is 10.5 Å². The Bertz CT molecular complexity index is 324. The third kappa shape index (κ3) is 2.69. The summed E-state index contributed by atoms with van der Waals surface area (Å²) < 4.78 is 5.39. The minimum atomic E-state index is -0.0793. The predicted octanol–water partition coefficient (Wildman–Crippen LogP) is 0.795. The van der Waals surface area contributed by atoms with Gasteiger partial charge in [0.25, 0.3) is 0 Å². The number of hydrogen-bond donors (Lipinski definition) is 2. The van der Waals surface area contributed by atoms with Crippen LogP contribution in [0.3, 0.4) is 0 Å². The average molecular weight is 194 g/mol. The van der Waals surface area contributed by atoms with Crippen LogP contribution in [0.15, 0.2) is 12.5 Å². The molecule has 0 aromatic carbocycles. The van der Waals surface area contributed by atoms with Crippen LogP contribution in [0.1, 0.15) is 19.4 Å². The molecule has 76 valence electrons. The molecule has 5 nitrogen and oxygen atoms in total. The van der Waals surface area contributed by atoms with Crippen LogP contribution in [0.2, 0.25) is 0 Å². The fourth-order valence-electron chi connectivity index (χ4n) is 0.864. The van der Waals surface area contributed by atoms with E-state index in [1.165, 1.54) is 12.5 Å². The van der Waals surface area contributed by atoms with Crippen molar-refractivity contribution in [1.82, 2.24) is 9.97 Å². The number of rotatable bonds is 4. The van der Waals surface area contributed by atoms with E-state index in [0.29, 0.717) is 24.0 Å². The summed E-state index contributed by atoms with van der Waals surface area (Å²) in [5, 5.41) is 7.28. The molecule has 0 saturated heterocycles. The smallest absolute Gasteiger partial charge is 0.227 e. The highest BCUT2D eigenvalue weighted by Crippen LogP contribution is 2.12. The fraction of sp³-hybridized carbons (Fsp3) is 0.444. The van der Waals surface area contributed by atoms with Crippen molar-refractivity contribution in [2.75, 3.05) is 6.61 Å². The molecule has 1 rings (SSSR count). The van der Waals surface area contributed by atoms with Gasteiger partial charge in [-0.05, 0) is 5.92 Å². The van der Waals surface area contributed by atoms with Crippen molar-refractivity contribution in [2.24, 2.45) is 11.7 Å². The van der Waals surface area contributed by atoms with Crippen LogP contribution in [0, 0.1) is 11.3 Å². The number of amidine groups is 1. The van der Waals surface area contributed by atoms with Crippen molar-refractivity contribution in [3.63, 3.8) is 0 Å². The van der Waals surface area contributed by atoms with Gasteiger partial charge >= 0.3 is 0 Å². The van der Waals surface area contributed by atoms with Gasteiger partial charge in [0.05, 0.1) is 12.2 Å². The third-order valence-electron chi connectivity index (χ3n) is 1.52. The van der Waals surface area contributed by atoms with E-state index in [-0.39, 0.29) is 5.84 Å². The largest absolute Gasteiger partial charge is 0.477 e. The van der Waals surface area contributed by atoms with Gasteiger partial charge in [-0.25, -0.2) is 9.97 Å². The average Bonchev–Trinajstić information content (AvgIpc) is 2.15. The Hall–Kier alpha value is -1.65. The van der Waals surface area contributed by atoms with E-state index in [4.69, 9.17) is 15.9 Å². The molecule has 0 spiro atoms. The van der Waals surface area contributed by atoms with Gasteiger partial charge in [-0.1, -0.05) is 13.8 Å². The first-order valence-corrected chi connectivity index (χ1v) is 4.38. The van der Waals surface area contributed by atoms with Gasteiger partial charge in [0.2, 0.25) is 5.88 Å². The second-order valence-electron chi connectivity index (χ2n) is 3.36. The maximum Gasteiger partial charge on any atom is 0.227 e. The van der Waals surface area contributed by atoms with Crippen molar-refractivity contribution in [3.05, 3.63) is 18.1 Å². The normalized spacial score (nSPS) is 10.2. The molecule has 1 aromatic rings. The highest BCUT2D eigenvalue weighted by molar-refractivity contribution is 5.96. The van der Waals surface area contributed by atoms with Crippen LogP contribution in [-0.2, 0) is 0 Å². The van der Waals surface area contributed by atoms with Gasteiger partial charge in [0, 0.05) is 6.20 Å². The molecular weight excluding hydrogens is 180 g/mol. The van der Waals surface area contributed by atoms with Crippen LogP contribution in [0.5, 0.6) is 5.88 Å². The zero-order chi connectivity index (χ0) is 10.6. The lowest BCUT2D eigenvalue weighted by Gasteiger charge is -2.09. The minimum Gasteiger partial charge on any atom is -0.477 e. The maximum absolute atomic E-state index is 7.28. The second kappa shape index (κ2) is 4.55. The molecule has 0 atom stereocenters.